The number of hydrogen-bond donors (Lipinski definition) is 2. The van der Waals surface area contributed by atoms with Gasteiger partial charge in [-0.3, -0.25) is 0 Å². The summed E-state index contributed by atoms with van der Waals surface area (Å²) < 4.78 is 0. The van der Waals surface area contributed by atoms with Crippen molar-refractivity contribution in [3.8, 4) is 17.6 Å². The van der Waals surface area contributed by atoms with E-state index < -0.39 is 0 Å². The zero-order valence-corrected chi connectivity index (χ0v) is 7.86. The molecule has 0 aliphatic rings. The highest BCUT2D eigenvalue weighted by atomic mass is 35.5. The monoisotopic (exact) mass is 198 g/mol. The number of phenolic OH excluding ortho intramolecular Hbond substituents is 1. The maximum atomic E-state index is 9.02. The fourth-order valence-electron chi connectivity index (χ4n) is 0.740. The van der Waals surface area contributed by atoms with Crippen LogP contribution in [0.5, 0.6) is 5.75 Å². The van der Waals surface area contributed by atoms with Crippen molar-refractivity contribution in [2.75, 3.05) is 5.75 Å². The van der Waals surface area contributed by atoms with E-state index in [1.807, 2.05) is 0 Å². The first-order valence-electron chi connectivity index (χ1n) is 3.32. The van der Waals surface area contributed by atoms with E-state index in [1.165, 1.54) is 6.07 Å². The summed E-state index contributed by atoms with van der Waals surface area (Å²) >= 11 is 9.72. The van der Waals surface area contributed by atoms with Crippen LogP contribution in [0.2, 0.25) is 5.02 Å². The number of phenols is 1. The Labute approximate surface area is 81.8 Å². The molecule has 62 valence electrons. The summed E-state index contributed by atoms with van der Waals surface area (Å²) in [6, 6.07) is 4.69. The lowest BCUT2D eigenvalue weighted by Crippen LogP contribution is -1.76. The van der Waals surface area contributed by atoms with Crippen LogP contribution in [0.1, 0.15) is 5.56 Å². The zero-order valence-electron chi connectivity index (χ0n) is 6.21. The van der Waals surface area contributed by atoms with Crippen molar-refractivity contribution in [2.45, 2.75) is 0 Å². The third kappa shape index (κ3) is 2.37. The van der Waals surface area contributed by atoms with Gasteiger partial charge in [-0.25, -0.2) is 0 Å². The van der Waals surface area contributed by atoms with Crippen molar-refractivity contribution in [2.24, 2.45) is 0 Å². The van der Waals surface area contributed by atoms with Gasteiger partial charge in [0.05, 0.1) is 10.8 Å². The molecule has 0 spiro atoms. The second-order valence-corrected chi connectivity index (χ2v) is 2.85. The summed E-state index contributed by atoms with van der Waals surface area (Å²) in [5.41, 5.74) is 0.712. The average molecular weight is 199 g/mol. The Bertz CT molecular complexity index is 338. The summed E-state index contributed by atoms with van der Waals surface area (Å²) in [7, 11) is 0. The quantitative estimate of drug-likeness (QED) is 0.484. The van der Waals surface area contributed by atoms with Crippen LogP contribution in [0.15, 0.2) is 18.2 Å². The smallest absolute Gasteiger partial charge is 0.117 e. The number of halogens is 1. The van der Waals surface area contributed by atoms with Crippen molar-refractivity contribution in [1.82, 2.24) is 0 Å². The zero-order chi connectivity index (χ0) is 8.97. The van der Waals surface area contributed by atoms with Gasteiger partial charge >= 0.3 is 0 Å². The van der Waals surface area contributed by atoms with Gasteiger partial charge in [-0.1, -0.05) is 23.4 Å². The molecule has 1 rings (SSSR count). The molecule has 0 aliphatic heterocycles. The van der Waals surface area contributed by atoms with Crippen LogP contribution in [0.4, 0.5) is 0 Å². The average Bonchev–Trinajstić information content (AvgIpc) is 2.03. The molecule has 0 saturated heterocycles. The van der Waals surface area contributed by atoms with E-state index in [-0.39, 0.29) is 5.75 Å². The molecule has 1 N–H and O–H groups in total. The van der Waals surface area contributed by atoms with Crippen molar-refractivity contribution < 1.29 is 5.11 Å². The molecule has 0 fully saturated rings. The van der Waals surface area contributed by atoms with Crippen LogP contribution in [-0.4, -0.2) is 10.9 Å². The molecule has 1 aromatic carbocycles. The van der Waals surface area contributed by atoms with E-state index in [2.05, 4.69) is 24.5 Å². The third-order valence-corrected chi connectivity index (χ3v) is 1.73. The highest BCUT2D eigenvalue weighted by molar-refractivity contribution is 7.80. The molecule has 12 heavy (non-hydrogen) atoms. The van der Waals surface area contributed by atoms with Crippen LogP contribution >= 0.6 is 24.2 Å². The Morgan fingerprint density at radius 1 is 1.50 bits per heavy atom. The molecule has 0 atom stereocenters. The Hall–Kier alpha value is -0.780. The first-order chi connectivity index (χ1) is 5.74. The fourth-order valence-corrected chi connectivity index (χ4v) is 1.04. The lowest BCUT2D eigenvalue weighted by atomic mass is 10.2. The summed E-state index contributed by atoms with van der Waals surface area (Å²) in [4.78, 5) is 0. The van der Waals surface area contributed by atoms with Crippen LogP contribution in [0.3, 0.4) is 0 Å². The topological polar surface area (TPSA) is 20.2 Å². The highest BCUT2D eigenvalue weighted by Gasteiger charge is 1.96. The van der Waals surface area contributed by atoms with Gasteiger partial charge in [-0.05, 0) is 18.2 Å². The molecule has 0 aromatic heterocycles. The standard InChI is InChI=1S/C9H7ClOS/c10-9-6-8(11)4-3-7(9)2-1-5-12/h3-4,6,11-12H,5H2. The van der Waals surface area contributed by atoms with E-state index in [0.29, 0.717) is 16.3 Å². The summed E-state index contributed by atoms with van der Waals surface area (Å²) in [6.45, 7) is 0. The Balaban J connectivity index is 3.01. The first-order valence-corrected chi connectivity index (χ1v) is 4.33. The molecule has 3 heteroatoms. The minimum absolute atomic E-state index is 0.149. The van der Waals surface area contributed by atoms with Gasteiger partial charge in [0.15, 0.2) is 0 Å². The predicted molar refractivity (Wildman–Crippen MR) is 53.8 cm³/mol. The molecule has 0 aliphatic carbocycles. The fraction of sp³-hybridized carbons (Fsp3) is 0.111. The van der Waals surface area contributed by atoms with Crippen molar-refractivity contribution in [1.29, 1.82) is 0 Å². The summed E-state index contributed by atoms with van der Waals surface area (Å²) in [5.74, 6) is 6.24. The minimum atomic E-state index is 0.149. The molecule has 0 heterocycles. The van der Waals surface area contributed by atoms with E-state index in [0.717, 1.165) is 0 Å². The molecule has 0 unspecified atom stereocenters. The van der Waals surface area contributed by atoms with E-state index in [9.17, 15) is 0 Å². The number of hydrogen-bond acceptors (Lipinski definition) is 2. The highest BCUT2D eigenvalue weighted by Crippen LogP contribution is 2.20. The lowest BCUT2D eigenvalue weighted by Gasteiger charge is -1.95. The number of thiol groups is 1. The van der Waals surface area contributed by atoms with Gasteiger partial charge in [0.2, 0.25) is 0 Å². The van der Waals surface area contributed by atoms with Crippen molar-refractivity contribution in [3.05, 3.63) is 28.8 Å². The second kappa shape index (κ2) is 4.30. The van der Waals surface area contributed by atoms with Crippen molar-refractivity contribution >= 4 is 24.2 Å². The SMILES string of the molecule is Oc1ccc(C#CCS)c(Cl)c1. The maximum Gasteiger partial charge on any atom is 0.117 e. The summed E-state index contributed by atoms with van der Waals surface area (Å²) in [6.07, 6.45) is 0. The van der Waals surface area contributed by atoms with Gasteiger partial charge < -0.3 is 5.11 Å². The van der Waals surface area contributed by atoms with E-state index in [1.54, 1.807) is 12.1 Å². The third-order valence-electron chi connectivity index (χ3n) is 1.25. The Kier molecular flexibility index (Phi) is 3.33. The van der Waals surface area contributed by atoms with Crippen LogP contribution in [-0.2, 0) is 0 Å². The molecule has 0 radical (unpaired) electrons. The normalized spacial score (nSPS) is 8.83. The molecule has 0 amide bonds. The largest absolute Gasteiger partial charge is 0.508 e. The Morgan fingerprint density at radius 2 is 2.25 bits per heavy atom. The summed E-state index contributed by atoms with van der Waals surface area (Å²) in [5, 5.41) is 9.48. The molecule has 0 saturated carbocycles. The maximum absolute atomic E-state index is 9.02. The molecular weight excluding hydrogens is 192 g/mol. The van der Waals surface area contributed by atoms with Crippen molar-refractivity contribution in [3.63, 3.8) is 0 Å². The van der Waals surface area contributed by atoms with Gasteiger partial charge in [0.25, 0.3) is 0 Å². The van der Waals surface area contributed by atoms with Crippen LogP contribution in [0, 0.1) is 11.8 Å². The molecule has 0 bridgehead atoms. The number of benzene rings is 1. The molecule has 1 nitrogen and oxygen atoms in total. The Morgan fingerprint density at radius 3 is 2.83 bits per heavy atom. The van der Waals surface area contributed by atoms with Gasteiger partial charge in [0.1, 0.15) is 5.75 Å². The molecular formula is C9H7ClOS. The number of rotatable bonds is 0. The second-order valence-electron chi connectivity index (χ2n) is 2.12. The van der Waals surface area contributed by atoms with Crippen LogP contribution in [0.25, 0.3) is 0 Å². The van der Waals surface area contributed by atoms with Crippen LogP contribution < -0.4 is 0 Å². The van der Waals surface area contributed by atoms with E-state index in [4.69, 9.17) is 16.7 Å². The first kappa shape index (κ1) is 9.31. The predicted octanol–water partition coefficient (Wildman–Crippen LogP) is 2.33. The number of aromatic hydroxyl groups is 1. The van der Waals surface area contributed by atoms with Gasteiger partial charge in [0, 0.05) is 5.56 Å². The minimum Gasteiger partial charge on any atom is -0.508 e. The lowest BCUT2D eigenvalue weighted by molar-refractivity contribution is 0.475. The van der Waals surface area contributed by atoms with Gasteiger partial charge in [-0.15, -0.1) is 0 Å². The molecule has 1 aromatic rings. The van der Waals surface area contributed by atoms with Gasteiger partial charge in [-0.2, -0.15) is 12.6 Å². The van der Waals surface area contributed by atoms with E-state index >= 15 is 0 Å².